The van der Waals surface area contributed by atoms with Crippen LogP contribution in [-0.4, -0.2) is 20.8 Å². The zero-order valence-electron chi connectivity index (χ0n) is 19.3. The number of rotatable bonds is 14. The van der Waals surface area contributed by atoms with Crippen LogP contribution in [0.1, 0.15) is 84.3 Å². The van der Waals surface area contributed by atoms with Crippen molar-refractivity contribution in [3.05, 3.63) is 42.4 Å². The first-order valence-corrected chi connectivity index (χ1v) is 12.7. The smallest absolute Gasteiger partial charge is 0.315 e. The van der Waals surface area contributed by atoms with Gasteiger partial charge in [-0.05, 0) is 43.5 Å². The van der Waals surface area contributed by atoms with Gasteiger partial charge in [-0.3, -0.25) is 14.8 Å². The molecule has 0 aliphatic rings. The van der Waals surface area contributed by atoms with Crippen LogP contribution in [0.3, 0.4) is 0 Å². The zero-order chi connectivity index (χ0) is 22.5. The molecule has 5 heteroatoms. The van der Waals surface area contributed by atoms with Crippen molar-refractivity contribution in [1.82, 2.24) is 9.97 Å². The average Bonchev–Trinajstić information content (AvgIpc) is 2.80. The summed E-state index contributed by atoms with van der Waals surface area (Å²) >= 11 is 3.52. The van der Waals surface area contributed by atoms with Crippen LogP contribution < -0.4 is 4.74 Å². The van der Waals surface area contributed by atoms with Crippen molar-refractivity contribution >= 4 is 21.9 Å². The number of hydrogen-bond donors (Lipinski definition) is 0. The second-order valence-corrected chi connectivity index (χ2v) is 9.45. The highest BCUT2D eigenvalue weighted by Gasteiger charge is 2.22. The van der Waals surface area contributed by atoms with E-state index in [1.165, 1.54) is 51.4 Å². The van der Waals surface area contributed by atoms with Gasteiger partial charge in [-0.25, -0.2) is 0 Å². The maximum atomic E-state index is 12.2. The normalized spacial score (nSPS) is 13.0. The number of benzene rings is 1. The van der Waals surface area contributed by atoms with Gasteiger partial charge in [-0.2, -0.15) is 0 Å². The van der Waals surface area contributed by atoms with Crippen molar-refractivity contribution in [2.24, 2.45) is 5.92 Å². The van der Waals surface area contributed by atoms with Crippen LogP contribution in [0.25, 0.3) is 11.3 Å². The van der Waals surface area contributed by atoms with Gasteiger partial charge in [0.1, 0.15) is 5.75 Å². The predicted octanol–water partition coefficient (Wildman–Crippen LogP) is 7.54. The van der Waals surface area contributed by atoms with E-state index in [-0.39, 0.29) is 16.7 Å². The van der Waals surface area contributed by atoms with Gasteiger partial charge < -0.3 is 4.74 Å². The molecule has 0 saturated carbocycles. The molecule has 0 amide bonds. The average molecular weight is 489 g/mol. The molecule has 1 aromatic carbocycles. The third kappa shape index (κ3) is 9.10. The summed E-state index contributed by atoms with van der Waals surface area (Å²) in [7, 11) is 0. The summed E-state index contributed by atoms with van der Waals surface area (Å²) in [5.74, 6) is 0.140. The van der Waals surface area contributed by atoms with Crippen molar-refractivity contribution < 1.29 is 9.53 Å². The van der Waals surface area contributed by atoms with Crippen molar-refractivity contribution in [3.63, 3.8) is 0 Å². The van der Waals surface area contributed by atoms with Gasteiger partial charge in [-0.1, -0.05) is 81.6 Å². The Morgan fingerprint density at radius 3 is 2.16 bits per heavy atom. The van der Waals surface area contributed by atoms with Gasteiger partial charge >= 0.3 is 5.97 Å². The molecule has 2 rings (SSSR count). The highest BCUT2D eigenvalue weighted by atomic mass is 79.9. The quantitative estimate of drug-likeness (QED) is 0.119. The number of halogens is 1. The number of unbranched alkanes of at least 4 members (excludes halogenated alkanes) is 7. The molecule has 2 aromatic rings. The summed E-state index contributed by atoms with van der Waals surface area (Å²) in [6.07, 6.45) is 16.1. The Bertz CT molecular complexity index is 762. The van der Waals surface area contributed by atoms with Crippen LogP contribution in [0.4, 0.5) is 0 Å². The van der Waals surface area contributed by atoms with E-state index in [4.69, 9.17) is 4.74 Å². The molecule has 0 aliphatic carbocycles. The van der Waals surface area contributed by atoms with E-state index < -0.39 is 0 Å². The van der Waals surface area contributed by atoms with Gasteiger partial charge in [0.15, 0.2) is 0 Å². The van der Waals surface area contributed by atoms with Crippen LogP contribution in [0.15, 0.2) is 36.7 Å². The highest BCUT2D eigenvalue weighted by molar-refractivity contribution is 9.09. The van der Waals surface area contributed by atoms with Gasteiger partial charge in [0.05, 0.1) is 23.5 Å². The topological polar surface area (TPSA) is 52.1 Å². The van der Waals surface area contributed by atoms with Gasteiger partial charge in [-0.15, -0.1) is 0 Å². The van der Waals surface area contributed by atoms with E-state index >= 15 is 0 Å². The molecule has 0 spiro atoms. The Morgan fingerprint density at radius 1 is 0.935 bits per heavy atom. The van der Waals surface area contributed by atoms with Crippen LogP contribution in [0.5, 0.6) is 5.75 Å². The number of esters is 1. The summed E-state index contributed by atoms with van der Waals surface area (Å²) in [5, 5.41) is 0. The third-order valence-electron chi connectivity index (χ3n) is 5.66. The first-order chi connectivity index (χ1) is 15.0. The molecule has 0 aliphatic heterocycles. The van der Waals surface area contributed by atoms with E-state index in [9.17, 15) is 4.79 Å². The first kappa shape index (κ1) is 25.5. The maximum absolute atomic E-state index is 12.2. The lowest BCUT2D eigenvalue weighted by molar-refractivity contribution is -0.138. The van der Waals surface area contributed by atoms with Crippen molar-refractivity contribution in [1.29, 1.82) is 0 Å². The van der Waals surface area contributed by atoms with E-state index in [1.807, 2.05) is 50.5 Å². The third-order valence-corrected chi connectivity index (χ3v) is 7.11. The number of carbonyl (C=O) groups excluding carboxylic acids is 1. The highest BCUT2D eigenvalue weighted by Crippen LogP contribution is 2.23. The van der Waals surface area contributed by atoms with E-state index in [0.717, 1.165) is 29.8 Å². The fourth-order valence-electron chi connectivity index (χ4n) is 3.48. The van der Waals surface area contributed by atoms with E-state index in [1.54, 1.807) is 0 Å². The largest absolute Gasteiger partial charge is 0.426 e. The van der Waals surface area contributed by atoms with Gasteiger partial charge in [0, 0.05) is 16.6 Å². The Morgan fingerprint density at radius 2 is 1.58 bits per heavy atom. The number of nitrogens with zero attached hydrogens (tertiary/aromatic N) is 2. The molecule has 1 aromatic heterocycles. The van der Waals surface area contributed by atoms with Crippen LogP contribution in [-0.2, 0) is 11.2 Å². The molecule has 0 bridgehead atoms. The molecule has 170 valence electrons. The molecule has 0 saturated heterocycles. The minimum absolute atomic E-state index is 0.124. The molecule has 1 heterocycles. The number of alkyl halides is 1. The molecular formula is C26H37BrN2O2. The SMILES string of the molecule is CCCCCCCCCCc1cnc(-c2ccc(OC(=O)C(C)C(Br)CC)cc2)cn1. The number of hydrogen-bond acceptors (Lipinski definition) is 4. The molecular weight excluding hydrogens is 452 g/mol. The molecule has 0 N–H and O–H groups in total. The van der Waals surface area contributed by atoms with E-state index in [0.29, 0.717) is 5.75 Å². The second-order valence-electron chi connectivity index (χ2n) is 8.28. The van der Waals surface area contributed by atoms with Crippen molar-refractivity contribution in [2.75, 3.05) is 0 Å². The molecule has 4 nitrogen and oxygen atoms in total. The van der Waals surface area contributed by atoms with Crippen LogP contribution in [0, 0.1) is 5.92 Å². The summed E-state index contributed by atoms with van der Waals surface area (Å²) in [4.78, 5) is 21.5. The predicted molar refractivity (Wildman–Crippen MR) is 132 cm³/mol. The standard InChI is InChI=1S/C26H37BrN2O2/c1-4-6-7-8-9-10-11-12-13-22-18-29-25(19-28-22)21-14-16-23(17-15-21)31-26(30)20(3)24(27)5-2/h14-20,24H,4-13H2,1-3H3. The van der Waals surface area contributed by atoms with Gasteiger partial charge in [0.2, 0.25) is 0 Å². The summed E-state index contributed by atoms with van der Waals surface area (Å²) in [6.45, 7) is 6.18. The lowest BCUT2D eigenvalue weighted by Crippen LogP contribution is -2.25. The molecule has 31 heavy (non-hydrogen) atoms. The Hall–Kier alpha value is -1.75. The van der Waals surface area contributed by atoms with Gasteiger partial charge in [0.25, 0.3) is 0 Å². The van der Waals surface area contributed by atoms with Crippen molar-refractivity contribution in [2.45, 2.75) is 89.8 Å². The summed E-state index contributed by atoms with van der Waals surface area (Å²) in [6, 6.07) is 7.46. The fraction of sp³-hybridized carbons (Fsp3) is 0.577. The minimum Gasteiger partial charge on any atom is -0.426 e. The maximum Gasteiger partial charge on any atom is 0.315 e. The first-order valence-electron chi connectivity index (χ1n) is 11.8. The second kappa shape index (κ2) is 14.3. The Kier molecular flexibility index (Phi) is 11.8. The lowest BCUT2D eigenvalue weighted by atomic mass is 10.1. The van der Waals surface area contributed by atoms with Crippen molar-refractivity contribution in [3.8, 4) is 17.0 Å². The molecule has 2 unspecified atom stereocenters. The number of ether oxygens (including phenoxy) is 1. The number of aromatic nitrogens is 2. The Balaban J connectivity index is 1.77. The zero-order valence-corrected chi connectivity index (χ0v) is 20.9. The fourth-order valence-corrected chi connectivity index (χ4v) is 3.69. The van der Waals surface area contributed by atoms with Crippen LogP contribution in [0.2, 0.25) is 0 Å². The lowest BCUT2D eigenvalue weighted by Gasteiger charge is -2.15. The molecule has 0 radical (unpaired) electrons. The molecule has 0 fully saturated rings. The summed E-state index contributed by atoms with van der Waals surface area (Å²) in [5.41, 5.74) is 2.85. The Labute approximate surface area is 196 Å². The van der Waals surface area contributed by atoms with Crippen LogP contribution >= 0.6 is 15.9 Å². The minimum atomic E-state index is -0.221. The van der Waals surface area contributed by atoms with E-state index in [2.05, 4.69) is 32.8 Å². The monoisotopic (exact) mass is 488 g/mol. The molecule has 2 atom stereocenters. The number of aryl methyl sites for hydroxylation is 1. The summed E-state index contributed by atoms with van der Waals surface area (Å²) < 4.78 is 5.50. The number of carbonyl (C=O) groups is 1.